The van der Waals surface area contributed by atoms with Crippen LogP contribution in [0.2, 0.25) is 0 Å². The molecule has 3 aromatic carbocycles. The van der Waals surface area contributed by atoms with Crippen molar-refractivity contribution < 1.29 is 27.1 Å². The predicted octanol–water partition coefficient (Wildman–Crippen LogP) is 4.67. The summed E-state index contributed by atoms with van der Waals surface area (Å²) in [6.07, 6.45) is 0.682. The number of carbonyl (C=O) groups excluding carboxylic acids is 2. The number of methoxy groups -OCH3 is 1. The molecule has 10 heteroatoms. The van der Waals surface area contributed by atoms with E-state index >= 15 is 0 Å². The van der Waals surface area contributed by atoms with Gasteiger partial charge in [0.15, 0.2) is 0 Å². The Hall–Kier alpha value is -3.92. The zero-order valence-electron chi connectivity index (χ0n) is 23.4. The molecule has 0 spiro atoms. The molecule has 0 radical (unpaired) electrons. The van der Waals surface area contributed by atoms with Crippen molar-refractivity contribution in [3.05, 3.63) is 89.7 Å². The van der Waals surface area contributed by atoms with Crippen LogP contribution in [-0.4, -0.2) is 50.9 Å². The van der Waals surface area contributed by atoms with Crippen molar-refractivity contribution in [1.29, 1.82) is 0 Å². The third-order valence-electron chi connectivity index (χ3n) is 6.72. The summed E-state index contributed by atoms with van der Waals surface area (Å²) in [5.41, 5.74) is 1.39. The molecule has 40 heavy (non-hydrogen) atoms. The summed E-state index contributed by atoms with van der Waals surface area (Å²) in [6, 6.07) is 17.4. The predicted molar refractivity (Wildman–Crippen MR) is 153 cm³/mol. The first-order valence-corrected chi connectivity index (χ1v) is 14.5. The highest BCUT2D eigenvalue weighted by molar-refractivity contribution is 7.92. The van der Waals surface area contributed by atoms with Gasteiger partial charge in [0.2, 0.25) is 11.8 Å². The van der Waals surface area contributed by atoms with E-state index in [0.29, 0.717) is 12.2 Å². The molecule has 1 N–H and O–H groups in total. The number of sulfonamides is 1. The van der Waals surface area contributed by atoms with Gasteiger partial charge in [0.05, 0.1) is 17.7 Å². The van der Waals surface area contributed by atoms with E-state index < -0.39 is 40.2 Å². The third-order valence-corrected chi connectivity index (χ3v) is 8.50. The Kier molecular flexibility index (Phi) is 10.3. The van der Waals surface area contributed by atoms with Crippen molar-refractivity contribution in [2.24, 2.45) is 0 Å². The molecule has 214 valence electrons. The topological polar surface area (TPSA) is 96.0 Å². The van der Waals surface area contributed by atoms with Crippen LogP contribution >= 0.6 is 0 Å². The zero-order chi connectivity index (χ0) is 29.4. The summed E-state index contributed by atoms with van der Waals surface area (Å²) in [6.45, 7) is 6.35. The second kappa shape index (κ2) is 13.4. The number of aryl methyl sites for hydroxylation is 1. The zero-order valence-corrected chi connectivity index (χ0v) is 24.2. The number of carbonyl (C=O) groups is 2. The molecule has 0 unspecified atom stereocenters. The molecule has 0 aliphatic carbocycles. The quantitative estimate of drug-likeness (QED) is 0.342. The standard InChI is InChI=1S/C30H36FN3O5S/c1-6-22(3)32-30(36)23(4)33(19-24-9-7-8-10-28(24)31)29(35)20-34(25-13-11-21(2)12-14-25)40(37,38)27-17-15-26(39-5)16-18-27/h7-18,22-23H,6,19-20H2,1-5H3,(H,32,36)/t22-,23-/m0/s1. The highest BCUT2D eigenvalue weighted by Crippen LogP contribution is 2.26. The second-order valence-corrected chi connectivity index (χ2v) is 11.5. The van der Waals surface area contributed by atoms with Crippen molar-refractivity contribution in [1.82, 2.24) is 10.2 Å². The van der Waals surface area contributed by atoms with Crippen LogP contribution in [0.1, 0.15) is 38.3 Å². The molecular weight excluding hydrogens is 533 g/mol. The van der Waals surface area contributed by atoms with Gasteiger partial charge in [-0.15, -0.1) is 0 Å². The van der Waals surface area contributed by atoms with Gasteiger partial charge in [-0.1, -0.05) is 42.8 Å². The Balaban J connectivity index is 2.03. The van der Waals surface area contributed by atoms with Crippen LogP contribution in [0, 0.1) is 12.7 Å². The molecule has 0 fully saturated rings. The summed E-state index contributed by atoms with van der Waals surface area (Å²) in [4.78, 5) is 28.1. The molecule has 0 aliphatic rings. The lowest BCUT2D eigenvalue weighted by molar-refractivity contribution is -0.139. The average molecular weight is 570 g/mol. The molecule has 3 rings (SSSR count). The molecule has 8 nitrogen and oxygen atoms in total. The van der Waals surface area contributed by atoms with Crippen LogP contribution in [0.5, 0.6) is 5.75 Å². The van der Waals surface area contributed by atoms with Crippen LogP contribution < -0.4 is 14.4 Å². The Morgan fingerprint density at radius 1 is 0.975 bits per heavy atom. The number of nitrogens with one attached hydrogen (secondary N) is 1. The monoisotopic (exact) mass is 569 g/mol. The first kappa shape index (κ1) is 30.6. The number of halogens is 1. The lowest BCUT2D eigenvalue weighted by Gasteiger charge is -2.32. The molecule has 3 aromatic rings. The van der Waals surface area contributed by atoms with Gasteiger partial charge >= 0.3 is 0 Å². The van der Waals surface area contributed by atoms with E-state index in [1.807, 2.05) is 20.8 Å². The summed E-state index contributed by atoms with van der Waals surface area (Å²) >= 11 is 0. The minimum Gasteiger partial charge on any atom is -0.497 e. The lowest BCUT2D eigenvalue weighted by Crippen LogP contribution is -2.52. The number of amides is 2. The van der Waals surface area contributed by atoms with E-state index in [1.165, 1.54) is 54.5 Å². The van der Waals surface area contributed by atoms with E-state index in [2.05, 4.69) is 5.32 Å². The van der Waals surface area contributed by atoms with Gasteiger partial charge in [-0.25, -0.2) is 12.8 Å². The maximum Gasteiger partial charge on any atom is 0.264 e. The molecule has 2 amide bonds. The van der Waals surface area contributed by atoms with E-state index in [1.54, 1.807) is 37.3 Å². The molecule has 0 bridgehead atoms. The van der Waals surface area contributed by atoms with Crippen molar-refractivity contribution in [3.63, 3.8) is 0 Å². The molecule has 0 heterocycles. The van der Waals surface area contributed by atoms with Gasteiger partial charge in [0.25, 0.3) is 10.0 Å². The molecule has 2 atom stereocenters. The van der Waals surface area contributed by atoms with Crippen LogP contribution in [0.3, 0.4) is 0 Å². The van der Waals surface area contributed by atoms with Gasteiger partial charge in [0.1, 0.15) is 24.2 Å². The number of benzene rings is 3. The van der Waals surface area contributed by atoms with E-state index in [9.17, 15) is 22.4 Å². The minimum atomic E-state index is -4.21. The summed E-state index contributed by atoms with van der Waals surface area (Å²) in [5.74, 6) is -1.13. The Labute approximate surface area is 235 Å². The summed E-state index contributed by atoms with van der Waals surface area (Å²) < 4.78 is 48.5. The fourth-order valence-electron chi connectivity index (χ4n) is 3.97. The van der Waals surface area contributed by atoms with E-state index in [-0.39, 0.29) is 28.7 Å². The van der Waals surface area contributed by atoms with E-state index in [0.717, 1.165) is 9.87 Å². The van der Waals surface area contributed by atoms with Crippen molar-refractivity contribution in [2.45, 2.75) is 57.6 Å². The normalized spacial score (nSPS) is 12.8. The maximum atomic E-state index is 14.6. The van der Waals surface area contributed by atoms with Crippen LogP contribution in [0.25, 0.3) is 0 Å². The van der Waals surface area contributed by atoms with Gasteiger partial charge in [-0.05, 0) is 69.7 Å². The van der Waals surface area contributed by atoms with E-state index in [4.69, 9.17) is 4.74 Å². The summed E-state index contributed by atoms with van der Waals surface area (Å²) in [7, 11) is -2.74. The van der Waals surface area contributed by atoms with Crippen LogP contribution in [-0.2, 0) is 26.2 Å². The molecule has 0 saturated carbocycles. The SMILES string of the molecule is CC[C@H](C)NC(=O)[C@H](C)N(Cc1ccccc1F)C(=O)CN(c1ccc(C)cc1)S(=O)(=O)c1ccc(OC)cc1. The number of hydrogen-bond acceptors (Lipinski definition) is 5. The minimum absolute atomic E-state index is 0.0371. The van der Waals surface area contributed by atoms with Gasteiger partial charge in [0, 0.05) is 18.2 Å². The largest absolute Gasteiger partial charge is 0.497 e. The Bertz CT molecular complexity index is 1410. The fourth-order valence-corrected chi connectivity index (χ4v) is 5.39. The number of rotatable bonds is 12. The smallest absolute Gasteiger partial charge is 0.264 e. The number of ether oxygens (including phenoxy) is 1. The Morgan fingerprint density at radius 3 is 2.17 bits per heavy atom. The first-order chi connectivity index (χ1) is 19.0. The van der Waals surface area contributed by atoms with Crippen molar-refractivity contribution in [3.8, 4) is 5.75 Å². The van der Waals surface area contributed by atoms with Gasteiger partial charge in [-0.3, -0.25) is 13.9 Å². The third kappa shape index (κ3) is 7.38. The summed E-state index contributed by atoms with van der Waals surface area (Å²) in [5, 5.41) is 2.85. The van der Waals surface area contributed by atoms with Gasteiger partial charge < -0.3 is 15.0 Å². The second-order valence-electron chi connectivity index (χ2n) is 9.63. The number of hydrogen-bond donors (Lipinski definition) is 1. The van der Waals surface area contributed by atoms with Crippen molar-refractivity contribution >= 4 is 27.5 Å². The highest BCUT2D eigenvalue weighted by atomic mass is 32.2. The van der Waals surface area contributed by atoms with Gasteiger partial charge in [-0.2, -0.15) is 0 Å². The highest BCUT2D eigenvalue weighted by Gasteiger charge is 2.33. The molecule has 0 aromatic heterocycles. The molecule has 0 aliphatic heterocycles. The first-order valence-electron chi connectivity index (χ1n) is 13.0. The maximum absolute atomic E-state index is 14.6. The van der Waals surface area contributed by atoms with Crippen LogP contribution in [0.4, 0.5) is 10.1 Å². The molecular formula is C30H36FN3O5S. The fraction of sp³-hybridized carbons (Fsp3) is 0.333. The van der Waals surface area contributed by atoms with Crippen molar-refractivity contribution in [2.75, 3.05) is 18.0 Å². The average Bonchev–Trinajstić information content (AvgIpc) is 2.95. The molecule has 0 saturated heterocycles. The Morgan fingerprint density at radius 2 is 1.60 bits per heavy atom. The van der Waals surface area contributed by atoms with Crippen LogP contribution in [0.15, 0.2) is 77.7 Å². The number of anilines is 1. The lowest BCUT2D eigenvalue weighted by atomic mass is 10.1. The number of nitrogens with zero attached hydrogens (tertiary/aromatic N) is 2.